The predicted octanol–water partition coefficient (Wildman–Crippen LogP) is 1.52. The van der Waals surface area contributed by atoms with Crippen LogP contribution in [0.4, 0.5) is 0 Å². The Bertz CT molecular complexity index is 271. The summed E-state index contributed by atoms with van der Waals surface area (Å²) >= 11 is 0. The highest BCUT2D eigenvalue weighted by atomic mass is 32.2. The summed E-state index contributed by atoms with van der Waals surface area (Å²) in [5.74, 6) is 0.757. The van der Waals surface area contributed by atoms with Crippen molar-refractivity contribution in [3.8, 4) is 5.75 Å². The molecule has 11 heavy (non-hydrogen) atoms. The van der Waals surface area contributed by atoms with Crippen molar-refractivity contribution in [3.05, 3.63) is 24.3 Å². The number of hydrogen-bond acceptors (Lipinski definition) is 2. The molecule has 0 saturated heterocycles. The predicted molar refractivity (Wildman–Crippen MR) is 45.1 cm³/mol. The lowest BCUT2D eigenvalue weighted by Crippen LogP contribution is -1.92. The lowest BCUT2D eigenvalue weighted by Gasteiger charge is -1.97. The van der Waals surface area contributed by atoms with Gasteiger partial charge >= 0.3 is 0 Å². The summed E-state index contributed by atoms with van der Waals surface area (Å²) in [6.45, 7) is 1.85. The second-order valence-electron chi connectivity index (χ2n) is 2.13. The van der Waals surface area contributed by atoms with E-state index in [4.69, 9.17) is 5.11 Å². The lowest BCUT2D eigenvalue weighted by molar-refractivity contribution is 0.473. The summed E-state index contributed by atoms with van der Waals surface area (Å²) < 4.78 is 11.2. The molecule has 0 heterocycles. The van der Waals surface area contributed by atoms with Crippen LogP contribution in [0.5, 0.6) is 5.75 Å². The first-order chi connectivity index (χ1) is 5.24. The minimum atomic E-state index is -0.961. The maximum absolute atomic E-state index is 11.2. The van der Waals surface area contributed by atoms with Crippen LogP contribution in [0.3, 0.4) is 0 Å². The van der Waals surface area contributed by atoms with Crippen LogP contribution in [0, 0.1) is 0 Å². The van der Waals surface area contributed by atoms with Crippen LogP contribution in [-0.2, 0) is 10.8 Å². The van der Waals surface area contributed by atoms with E-state index in [1.165, 1.54) is 6.07 Å². The van der Waals surface area contributed by atoms with E-state index < -0.39 is 10.8 Å². The van der Waals surface area contributed by atoms with E-state index >= 15 is 0 Å². The standard InChI is InChI=1S/C8H10O2S/c1-2-11(10)8-5-3-4-7(9)6-8/h3-6,9H,2H2,1H3. The zero-order chi connectivity index (χ0) is 8.27. The van der Waals surface area contributed by atoms with E-state index in [0.717, 1.165) is 0 Å². The Morgan fingerprint density at radius 1 is 1.55 bits per heavy atom. The summed E-state index contributed by atoms with van der Waals surface area (Å²) in [7, 11) is -0.961. The average Bonchev–Trinajstić information content (AvgIpc) is 2.03. The summed E-state index contributed by atoms with van der Waals surface area (Å²) in [5.41, 5.74) is 0. The van der Waals surface area contributed by atoms with Gasteiger partial charge in [0.2, 0.25) is 0 Å². The largest absolute Gasteiger partial charge is 0.508 e. The molecule has 0 saturated carbocycles. The van der Waals surface area contributed by atoms with Crippen LogP contribution >= 0.6 is 0 Å². The first-order valence-corrected chi connectivity index (χ1v) is 4.73. The van der Waals surface area contributed by atoms with Crippen molar-refractivity contribution in [2.24, 2.45) is 0 Å². The van der Waals surface area contributed by atoms with Crippen LogP contribution in [-0.4, -0.2) is 15.1 Å². The van der Waals surface area contributed by atoms with Crippen LogP contribution < -0.4 is 0 Å². The highest BCUT2D eigenvalue weighted by molar-refractivity contribution is 7.85. The number of benzene rings is 1. The van der Waals surface area contributed by atoms with Crippen molar-refractivity contribution in [1.82, 2.24) is 0 Å². The number of hydrogen-bond donors (Lipinski definition) is 1. The van der Waals surface area contributed by atoms with Gasteiger partial charge in [0.05, 0.1) is 10.8 Å². The van der Waals surface area contributed by atoms with Gasteiger partial charge in [-0.05, 0) is 18.2 Å². The molecule has 0 aliphatic heterocycles. The van der Waals surface area contributed by atoms with Gasteiger partial charge in [0, 0.05) is 10.6 Å². The second-order valence-corrected chi connectivity index (χ2v) is 3.87. The van der Waals surface area contributed by atoms with Gasteiger partial charge in [-0.15, -0.1) is 0 Å². The van der Waals surface area contributed by atoms with Crippen molar-refractivity contribution in [1.29, 1.82) is 0 Å². The van der Waals surface area contributed by atoms with Gasteiger partial charge in [-0.3, -0.25) is 4.21 Å². The van der Waals surface area contributed by atoms with E-state index in [2.05, 4.69) is 0 Å². The van der Waals surface area contributed by atoms with E-state index in [9.17, 15) is 4.21 Å². The maximum Gasteiger partial charge on any atom is 0.116 e. The normalized spacial score (nSPS) is 12.8. The number of aromatic hydroxyl groups is 1. The summed E-state index contributed by atoms with van der Waals surface area (Å²) in [5, 5.41) is 9.02. The minimum absolute atomic E-state index is 0.171. The Morgan fingerprint density at radius 3 is 2.82 bits per heavy atom. The van der Waals surface area contributed by atoms with Crippen molar-refractivity contribution >= 4 is 10.8 Å². The first-order valence-electron chi connectivity index (χ1n) is 3.41. The summed E-state index contributed by atoms with van der Waals surface area (Å²) in [4.78, 5) is 0.688. The fraction of sp³-hybridized carbons (Fsp3) is 0.250. The zero-order valence-electron chi connectivity index (χ0n) is 6.28. The molecule has 0 spiro atoms. The highest BCUT2D eigenvalue weighted by Gasteiger charge is 1.99. The van der Waals surface area contributed by atoms with Gasteiger partial charge in [0.1, 0.15) is 5.75 Å². The van der Waals surface area contributed by atoms with Crippen LogP contribution in [0.1, 0.15) is 6.92 Å². The molecule has 60 valence electrons. The van der Waals surface area contributed by atoms with Gasteiger partial charge < -0.3 is 5.11 Å². The molecule has 1 unspecified atom stereocenters. The minimum Gasteiger partial charge on any atom is -0.508 e. The molecule has 0 amide bonds. The Balaban J connectivity index is 2.96. The molecule has 0 aliphatic rings. The molecule has 0 aromatic heterocycles. The van der Waals surface area contributed by atoms with Gasteiger partial charge in [-0.1, -0.05) is 13.0 Å². The summed E-state index contributed by atoms with van der Waals surface area (Å²) in [6.07, 6.45) is 0. The fourth-order valence-corrected chi connectivity index (χ4v) is 1.61. The molecule has 0 radical (unpaired) electrons. The molecule has 0 bridgehead atoms. The van der Waals surface area contributed by atoms with Gasteiger partial charge in [0.15, 0.2) is 0 Å². The Labute approximate surface area is 68.3 Å². The Kier molecular flexibility index (Phi) is 2.65. The van der Waals surface area contributed by atoms with E-state index in [1.54, 1.807) is 18.2 Å². The maximum atomic E-state index is 11.2. The third-order valence-electron chi connectivity index (χ3n) is 1.34. The van der Waals surface area contributed by atoms with E-state index in [-0.39, 0.29) is 5.75 Å². The summed E-state index contributed by atoms with van der Waals surface area (Å²) in [6, 6.07) is 6.54. The molecule has 2 nitrogen and oxygen atoms in total. The molecule has 1 aromatic carbocycles. The fourth-order valence-electron chi connectivity index (χ4n) is 0.792. The van der Waals surface area contributed by atoms with Crippen LogP contribution in [0.15, 0.2) is 29.2 Å². The van der Waals surface area contributed by atoms with Crippen molar-refractivity contribution < 1.29 is 9.32 Å². The van der Waals surface area contributed by atoms with Crippen molar-refractivity contribution in [2.45, 2.75) is 11.8 Å². The lowest BCUT2D eigenvalue weighted by atomic mass is 10.3. The number of phenols is 1. The average molecular weight is 170 g/mol. The molecule has 0 aliphatic carbocycles. The first kappa shape index (κ1) is 8.27. The third-order valence-corrected chi connectivity index (χ3v) is 2.65. The molecule has 1 atom stereocenters. The van der Waals surface area contributed by atoms with Gasteiger partial charge in [0.25, 0.3) is 0 Å². The smallest absolute Gasteiger partial charge is 0.116 e. The van der Waals surface area contributed by atoms with Gasteiger partial charge in [-0.2, -0.15) is 0 Å². The molecule has 1 aromatic rings. The van der Waals surface area contributed by atoms with Gasteiger partial charge in [-0.25, -0.2) is 0 Å². The molecular weight excluding hydrogens is 160 g/mol. The SMILES string of the molecule is CCS(=O)c1cccc(O)c1. The Hall–Kier alpha value is -0.830. The molecule has 3 heteroatoms. The van der Waals surface area contributed by atoms with Crippen LogP contribution in [0.2, 0.25) is 0 Å². The second kappa shape index (κ2) is 3.53. The Morgan fingerprint density at radius 2 is 2.27 bits per heavy atom. The molecular formula is C8H10O2S. The number of rotatable bonds is 2. The van der Waals surface area contributed by atoms with E-state index in [0.29, 0.717) is 10.6 Å². The van der Waals surface area contributed by atoms with Crippen molar-refractivity contribution in [2.75, 3.05) is 5.75 Å². The van der Waals surface area contributed by atoms with Crippen LogP contribution in [0.25, 0.3) is 0 Å². The number of phenolic OH excluding ortho intramolecular Hbond substituents is 1. The van der Waals surface area contributed by atoms with Crippen molar-refractivity contribution in [3.63, 3.8) is 0 Å². The quantitative estimate of drug-likeness (QED) is 0.730. The molecule has 1 N–H and O–H groups in total. The molecule has 1 rings (SSSR count). The third kappa shape index (κ3) is 2.05. The topological polar surface area (TPSA) is 37.3 Å². The molecule has 0 fully saturated rings. The zero-order valence-corrected chi connectivity index (χ0v) is 7.10. The monoisotopic (exact) mass is 170 g/mol. The highest BCUT2D eigenvalue weighted by Crippen LogP contribution is 2.13. The van der Waals surface area contributed by atoms with E-state index in [1.807, 2.05) is 6.92 Å².